The fourth-order valence-corrected chi connectivity index (χ4v) is 4.70. The van der Waals surface area contributed by atoms with Crippen LogP contribution in [-0.4, -0.2) is 53.3 Å². The molecule has 0 bridgehead atoms. The van der Waals surface area contributed by atoms with Gasteiger partial charge in [-0.05, 0) is 75.9 Å². The number of hydrogen-bond donors (Lipinski definition) is 2. The van der Waals surface area contributed by atoms with Crippen LogP contribution in [0.3, 0.4) is 0 Å². The number of amides is 1. The molecule has 0 atom stereocenters. The number of aromatic nitrogens is 2. The van der Waals surface area contributed by atoms with Crippen LogP contribution >= 0.6 is 0 Å². The number of aromatic amines is 1. The van der Waals surface area contributed by atoms with Crippen molar-refractivity contribution in [3.8, 4) is 5.75 Å². The van der Waals surface area contributed by atoms with Crippen molar-refractivity contribution in [1.29, 1.82) is 0 Å². The smallest absolute Gasteiger partial charge is 0.254 e. The van der Waals surface area contributed by atoms with E-state index in [-0.39, 0.29) is 36.3 Å². The number of benzene rings is 1. The number of nitrogens with one attached hydrogen (secondary N) is 2. The molecule has 1 aromatic carbocycles. The lowest BCUT2D eigenvalue weighted by Gasteiger charge is -2.30. The quantitative estimate of drug-likeness (QED) is 0.493. The van der Waals surface area contributed by atoms with Crippen molar-refractivity contribution >= 4 is 11.7 Å². The summed E-state index contributed by atoms with van der Waals surface area (Å²) in [7, 11) is 1.60. The molecule has 1 amide bonds. The standard InChI is InChI=1S/C25H32N4O4/c1-33-19-9-7-17(8-10-19)24(31)18-11-13-29(14-12-18)16-23(30)26-15-22-27-21-6-4-2-3-5-20(21)25(32)28-22/h7-10,18H,2-6,11-16H2,1H3,(H,26,30)(H,27,28,32). The summed E-state index contributed by atoms with van der Waals surface area (Å²) < 4.78 is 5.15. The number of rotatable bonds is 7. The van der Waals surface area contributed by atoms with Crippen LogP contribution in [0.15, 0.2) is 29.1 Å². The van der Waals surface area contributed by atoms with Gasteiger partial charge in [-0.3, -0.25) is 19.3 Å². The number of carbonyl (C=O) groups is 2. The molecule has 8 heteroatoms. The molecule has 0 radical (unpaired) electrons. The molecule has 33 heavy (non-hydrogen) atoms. The van der Waals surface area contributed by atoms with Crippen molar-refractivity contribution in [1.82, 2.24) is 20.2 Å². The Bertz CT molecular complexity index is 1040. The number of piperidine rings is 1. The summed E-state index contributed by atoms with van der Waals surface area (Å²) in [5, 5.41) is 2.87. The number of H-pyrrole nitrogens is 1. The molecule has 176 valence electrons. The molecule has 2 aliphatic rings. The summed E-state index contributed by atoms with van der Waals surface area (Å²) in [5.74, 6) is 1.27. The van der Waals surface area contributed by atoms with E-state index in [4.69, 9.17) is 4.74 Å². The number of methoxy groups -OCH3 is 1. The minimum absolute atomic E-state index is 0.0217. The number of carbonyl (C=O) groups excluding carboxylic acids is 2. The number of hydrogen-bond acceptors (Lipinski definition) is 6. The van der Waals surface area contributed by atoms with Crippen LogP contribution in [0.1, 0.15) is 59.5 Å². The first-order valence-electron chi connectivity index (χ1n) is 11.8. The summed E-state index contributed by atoms with van der Waals surface area (Å²) in [6.07, 6.45) is 6.26. The fourth-order valence-electron chi connectivity index (χ4n) is 4.70. The Morgan fingerprint density at radius 3 is 2.58 bits per heavy atom. The fraction of sp³-hybridized carbons (Fsp3) is 0.520. The number of ether oxygens (including phenoxy) is 1. The summed E-state index contributed by atoms with van der Waals surface area (Å²) >= 11 is 0. The molecule has 1 saturated heterocycles. The molecule has 8 nitrogen and oxygen atoms in total. The third-order valence-corrected chi connectivity index (χ3v) is 6.64. The molecule has 1 aliphatic carbocycles. The van der Waals surface area contributed by atoms with Crippen LogP contribution in [0, 0.1) is 5.92 Å². The van der Waals surface area contributed by atoms with E-state index in [1.165, 1.54) is 0 Å². The Morgan fingerprint density at radius 2 is 1.85 bits per heavy atom. The average molecular weight is 453 g/mol. The second kappa shape index (κ2) is 10.7. The van der Waals surface area contributed by atoms with Crippen LogP contribution in [0.25, 0.3) is 0 Å². The molecular formula is C25H32N4O4. The zero-order chi connectivity index (χ0) is 23.2. The highest BCUT2D eigenvalue weighted by Crippen LogP contribution is 2.23. The molecule has 2 heterocycles. The zero-order valence-corrected chi connectivity index (χ0v) is 19.2. The van der Waals surface area contributed by atoms with Crippen molar-refractivity contribution in [3.63, 3.8) is 0 Å². The molecule has 1 fully saturated rings. The summed E-state index contributed by atoms with van der Waals surface area (Å²) in [6.45, 7) is 1.90. The number of ketones is 1. The van der Waals surface area contributed by atoms with Crippen molar-refractivity contribution in [3.05, 3.63) is 57.3 Å². The Labute approximate surface area is 193 Å². The second-order valence-corrected chi connectivity index (χ2v) is 8.92. The van der Waals surface area contributed by atoms with Crippen molar-refractivity contribution in [2.24, 2.45) is 5.92 Å². The number of aryl methyl sites for hydroxylation is 1. The van der Waals surface area contributed by atoms with Gasteiger partial charge in [-0.1, -0.05) is 6.42 Å². The molecule has 0 spiro atoms. The lowest BCUT2D eigenvalue weighted by Crippen LogP contribution is -2.42. The van der Waals surface area contributed by atoms with Gasteiger partial charge >= 0.3 is 0 Å². The lowest BCUT2D eigenvalue weighted by molar-refractivity contribution is -0.122. The Balaban J connectivity index is 1.24. The predicted octanol–water partition coefficient (Wildman–Crippen LogP) is 2.26. The topological polar surface area (TPSA) is 104 Å². The van der Waals surface area contributed by atoms with E-state index >= 15 is 0 Å². The van der Waals surface area contributed by atoms with Crippen LogP contribution in [-0.2, 0) is 24.2 Å². The molecular weight excluding hydrogens is 420 g/mol. The van der Waals surface area contributed by atoms with Gasteiger partial charge in [-0.2, -0.15) is 0 Å². The van der Waals surface area contributed by atoms with E-state index < -0.39 is 0 Å². The SMILES string of the molecule is COc1ccc(C(=O)C2CCN(CC(=O)NCc3nc4c(c(=O)[nH]3)CCCCC4)CC2)cc1. The van der Waals surface area contributed by atoms with E-state index in [0.717, 1.165) is 62.0 Å². The van der Waals surface area contributed by atoms with Gasteiger partial charge in [-0.25, -0.2) is 4.98 Å². The highest BCUT2D eigenvalue weighted by molar-refractivity contribution is 5.98. The minimum atomic E-state index is -0.104. The number of Topliss-reactive ketones (excluding diaryl/α,β-unsaturated/α-hetero) is 1. The maximum atomic E-state index is 12.8. The average Bonchev–Trinajstić information content (AvgIpc) is 3.09. The van der Waals surface area contributed by atoms with Crippen molar-refractivity contribution in [2.75, 3.05) is 26.7 Å². The third-order valence-electron chi connectivity index (χ3n) is 6.64. The number of likely N-dealkylation sites (tertiary alicyclic amines) is 1. The normalized spacial score (nSPS) is 17.1. The predicted molar refractivity (Wildman–Crippen MR) is 124 cm³/mol. The Kier molecular flexibility index (Phi) is 7.54. The van der Waals surface area contributed by atoms with E-state index in [2.05, 4.69) is 20.2 Å². The van der Waals surface area contributed by atoms with Gasteiger partial charge < -0.3 is 15.0 Å². The van der Waals surface area contributed by atoms with Crippen LogP contribution < -0.4 is 15.6 Å². The van der Waals surface area contributed by atoms with Crippen LogP contribution in [0.5, 0.6) is 5.75 Å². The van der Waals surface area contributed by atoms with Crippen LogP contribution in [0.4, 0.5) is 0 Å². The molecule has 4 rings (SSSR count). The van der Waals surface area contributed by atoms with Crippen molar-refractivity contribution in [2.45, 2.75) is 51.5 Å². The highest BCUT2D eigenvalue weighted by Gasteiger charge is 2.26. The molecule has 1 aromatic heterocycles. The Hall–Kier alpha value is -3.00. The van der Waals surface area contributed by atoms with Crippen molar-refractivity contribution < 1.29 is 14.3 Å². The Morgan fingerprint density at radius 1 is 1.12 bits per heavy atom. The first-order chi connectivity index (χ1) is 16.0. The summed E-state index contributed by atoms with van der Waals surface area (Å²) in [4.78, 5) is 47.1. The van der Waals surface area contributed by atoms with E-state index in [0.29, 0.717) is 24.5 Å². The maximum Gasteiger partial charge on any atom is 0.254 e. The first-order valence-corrected chi connectivity index (χ1v) is 11.8. The largest absolute Gasteiger partial charge is 0.497 e. The van der Waals surface area contributed by atoms with Gasteiger partial charge in [0, 0.05) is 17.0 Å². The minimum Gasteiger partial charge on any atom is -0.497 e. The number of nitrogens with zero attached hydrogens (tertiary/aromatic N) is 2. The summed E-state index contributed by atoms with van der Waals surface area (Å²) in [5.41, 5.74) is 2.31. The van der Waals surface area contributed by atoms with E-state index in [1.54, 1.807) is 19.2 Å². The van der Waals surface area contributed by atoms with E-state index in [9.17, 15) is 14.4 Å². The molecule has 0 unspecified atom stereocenters. The lowest BCUT2D eigenvalue weighted by atomic mass is 9.89. The molecule has 1 aliphatic heterocycles. The van der Waals surface area contributed by atoms with E-state index in [1.807, 2.05) is 12.1 Å². The highest BCUT2D eigenvalue weighted by atomic mass is 16.5. The third kappa shape index (κ3) is 5.87. The second-order valence-electron chi connectivity index (χ2n) is 8.92. The first kappa shape index (κ1) is 23.2. The maximum absolute atomic E-state index is 12.8. The zero-order valence-electron chi connectivity index (χ0n) is 19.2. The van der Waals surface area contributed by atoms with Gasteiger partial charge in [0.05, 0.1) is 25.9 Å². The molecule has 0 saturated carbocycles. The molecule has 2 aromatic rings. The summed E-state index contributed by atoms with van der Waals surface area (Å²) in [6, 6.07) is 7.22. The van der Waals surface area contributed by atoms with Gasteiger partial charge in [0.1, 0.15) is 11.6 Å². The van der Waals surface area contributed by atoms with Gasteiger partial charge in [0.15, 0.2) is 5.78 Å². The molecule has 2 N–H and O–H groups in total. The monoisotopic (exact) mass is 452 g/mol. The van der Waals surface area contributed by atoms with Crippen LogP contribution in [0.2, 0.25) is 0 Å². The van der Waals surface area contributed by atoms with Gasteiger partial charge in [0.25, 0.3) is 5.56 Å². The van der Waals surface area contributed by atoms with Gasteiger partial charge in [-0.15, -0.1) is 0 Å². The number of fused-ring (bicyclic) bond motifs is 1. The van der Waals surface area contributed by atoms with Gasteiger partial charge in [0.2, 0.25) is 5.91 Å².